The fraction of sp³-hybridized carbons (Fsp3) is 0.182. The lowest BCUT2D eigenvalue weighted by atomic mass is 10.1. The minimum absolute atomic E-state index is 0.0460. The van der Waals surface area contributed by atoms with Crippen molar-refractivity contribution in [1.82, 2.24) is 0 Å². The summed E-state index contributed by atoms with van der Waals surface area (Å²) in [7, 11) is 1.39. The molecule has 80 valence electrons. The summed E-state index contributed by atoms with van der Waals surface area (Å²) in [5.74, 6) is -0.394. The summed E-state index contributed by atoms with van der Waals surface area (Å²) in [6.45, 7) is -0.721. The first kappa shape index (κ1) is 11.2. The summed E-state index contributed by atoms with van der Waals surface area (Å²) >= 11 is 0. The van der Waals surface area contributed by atoms with Crippen molar-refractivity contribution in [3.8, 4) is 11.5 Å². The maximum atomic E-state index is 11.8. The van der Waals surface area contributed by atoms with Gasteiger partial charge in [0, 0.05) is 0 Å². The van der Waals surface area contributed by atoms with E-state index in [1.165, 1.54) is 13.2 Å². The van der Waals surface area contributed by atoms with Crippen LogP contribution in [0, 0.1) is 0 Å². The zero-order valence-corrected chi connectivity index (χ0v) is 8.24. The average molecular weight is 210 g/mol. The van der Waals surface area contributed by atoms with Gasteiger partial charge in [0.2, 0.25) is 0 Å². The van der Waals surface area contributed by atoms with Crippen molar-refractivity contribution in [1.29, 1.82) is 0 Å². The third kappa shape index (κ3) is 2.56. The van der Waals surface area contributed by atoms with E-state index in [1.54, 1.807) is 12.1 Å². The lowest BCUT2D eigenvalue weighted by molar-refractivity contribution is 0.104. The Balaban J connectivity index is 3.11. The van der Waals surface area contributed by atoms with Gasteiger partial charge in [-0.15, -0.1) is 0 Å². The lowest BCUT2D eigenvalue weighted by Crippen LogP contribution is -1.99. The molecule has 0 aromatic heterocycles. The van der Waals surface area contributed by atoms with Gasteiger partial charge in [0.05, 0.1) is 7.11 Å². The van der Waals surface area contributed by atoms with Gasteiger partial charge in [-0.05, 0) is 24.3 Å². The van der Waals surface area contributed by atoms with Gasteiger partial charge in [-0.3, -0.25) is 4.79 Å². The van der Waals surface area contributed by atoms with Gasteiger partial charge < -0.3 is 9.84 Å². The Morgan fingerprint density at radius 1 is 1.60 bits per heavy atom. The van der Waals surface area contributed by atoms with Crippen LogP contribution in [0.2, 0.25) is 0 Å². The van der Waals surface area contributed by atoms with Crippen LogP contribution >= 0.6 is 0 Å². The summed E-state index contributed by atoms with van der Waals surface area (Å²) < 4.78 is 16.7. The van der Waals surface area contributed by atoms with E-state index in [2.05, 4.69) is 0 Å². The molecule has 0 aliphatic carbocycles. The molecule has 1 aromatic carbocycles. The molecule has 1 aromatic rings. The molecule has 0 amide bonds. The molecule has 0 saturated heterocycles. The van der Waals surface area contributed by atoms with Gasteiger partial charge in [0.25, 0.3) is 0 Å². The van der Waals surface area contributed by atoms with Gasteiger partial charge in [-0.25, -0.2) is 4.39 Å². The van der Waals surface area contributed by atoms with Crippen LogP contribution in [0.15, 0.2) is 30.4 Å². The van der Waals surface area contributed by atoms with E-state index in [1.807, 2.05) is 0 Å². The number of carbonyl (C=O) groups excluding carboxylic acids is 1. The number of benzene rings is 1. The van der Waals surface area contributed by atoms with Crippen LogP contribution in [-0.4, -0.2) is 24.7 Å². The highest BCUT2D eigenvalue weighted by atomic mass is 19.1. The van der Waals surface area contributed by atoms with Crippen molar-refractivity contribution in [3.05, 3.63) is 35.9 Å². The van der Waals surface area contributed by atoms with Crippen LogP contribution in [-0.2, 0) is 0 Å². The number of aromatic hydroxyl groups is 1. The highest BCUT2D eigenvalue weighted by Crippen LogP contribution is 2.27. The first-order valence-corrected chi connectivity index (χ1v) is 4.33. The molecule has 0 fully saturated rings. The summed E-state index contributed by atoms with van der Waals surface area (Å²) in [4.78, 5) is 11.5. The predicted octanol–water partition coefficient (Wildman–Crippen LogP) is 2.11. The van der Waals surface area contributed by atoms with Gasteiger partial charge >= 0.3 is 0 Å². The molecular formula is C11H11FO3. The van der Waals surface area contributed by atoms with Gasteiger partial charge in [0.15, 0.2) is 5.78 Å². The first-order chi connectivity index (χ1) is 7.20. The number of hydrogen-bond acceptors (Lipinski definition) is 3. The Morgan fingerprint density at radius 2 is 2.33 bits per heavy atom. The summed E-state index contributed by atoms with van der Waals surface area (Å²) in [6.07, 6.45) is 2.14. The number of phenolic OH excluding ortho intramolecular Hbond substituents is 1. The Labute approximate surface area is 86.8 Å². The molecule has 3 nitrogen and oxygen atoms in total. The molecule has 1 rings (SSSR count). The Morgan fingerprint density at radius 3 is 2.93 bits per heavy atom. The maximum absolute atomic E-state index is 11.8. The second kappa shape index (κ2) is 5.14. The second-order valence-electron chi connectivity index (χ2n) is 2.78. The van der Waals surface area contributed by atoms with E-state index >= 15 is 0 Å². The number of rotatable bonds is 4. The first-order valence-electron chi connectivity index (χ1n) is 4.33. The Kier molecular flexibility index (Phi) is 3.85. The molecule has 0 aliphatic heterocycles. The quantitative estimate of drug-likeness (QED) is 0.611. The number of carbonyl (C=O) groups is 1. The highest BCUT2D eigenvalue weighted by molar-refractivity contribution is 6.08. The molecular weight excluding hydrogens is 199 g/mol. The molecule has 0 atom stereocenters. The molecule has 0 spiro atoms. The highest BCUT2D eigenvalue weighted by Gasteiger charge is 2.13. The molecule has 1 N–H and O–H groups in total. The molecule has 0 heterocycles. The molecule has 0 aliphatic rings. The van der Waals surface area contributed by atoms with E-state index in [4.69, 9.17) is 4.74 Å². The van der Waals surface area contributed by atoms with Crippen LogP contribution in [0.3, 0.4) is 0 Å². The smallest absolute Gasteiger partial charge is 0.193 e. The van der Waals surface area contributed by atoms with Gasteiger partial charge in [0.1, 0.15) is 23.7 Å². The third-order valence-corrected chi connectivity index (χ3v) is 1.83. The van der Waals surface area contributed by atoms with Crippen molar-refractivity contribution in [3.63, 3.8) is 0 Å². The van der Waals surface area contributed by atoms with E-state index < -0.39 is 12.5 Å². The predicted molar refractivity (Wildman–Crippen MR) is 54.1 cm³/mol. The monoisotopic (exact) mass is 210 g/mol. The van der Waals surface area contributed by atoms with Crippen molar-refractivity contribution in [2.45, 2.75) is 0 Å². The minimum atomic E-state index is -0.721. The largest absolute Gasteiger partial charge is 0.507 e. The van der Waals surface area contributed by atoms with Crippen LogP contribution in [0.25, 0.3) is 0 Å². The van der Waals surface area contributed by atoms with E-state index in [0.29, 0.717) is 0 Å². The summed E-state index contributed by atoms with van der Waals surface area (Å²) in [5, 5.41) is 9.46. The number of methoxy groups -OCH3 is 1. The van der Waals surface area contributed by atoms with Crippen molar-refractivity contribution in [2.75, 3.05) is 13.8 Å². The number of ether oxygens (including phenoxy) is 1. The molecule has 0 saturated carbocycles. The van der Waals surface area contributed by atoms with E-state index in [-0.39, 0.29) is 17.1 Å². The Bertz CT molecular complexity index is 385. The third-order valence-electron chi connectivity index (χ3n) is 1.83. The van der Waals surface area contributed by atoms with Crippen LogP contribution in [0.1, 0.15) is 10.4 Å². The van der Waals surface area contributed by atoms with Crippen LogP contribution < -0.4 is 4.74 Å². The molecule has 4 heteroatoms. The zero-order chi connectivity index (χ0) is 11.3. The molecule has 15 heavy (non-hydrogen) atoms. The van der Waals surface area contributed by atoms with Crippen LogP contribution in [0.5, 0.6) is 11.5 Å². The number of halogens is 1. The topological polar surface area (TPSA) is 46.5 Å². The van der Waals surface area contributed by atoms with E-state index in [9.17, 15) is 14.3 Å². The standard InChI is InChI=1S/C11H11FO3/c1-15-10-6-2-4-8(13)11(10)9(14)5-3-7-12/h2-6,13H,7H2,1H3/b5-3+. The zero-order valence-electron chi connectivity index (χ0n) is 8.24. The SMILES string of the molecule is COc1cccc(O)c1C(=O)/C=C/CF. The van der Waals surface area contributed by atoms with Crippen molar-refractivity contribution < 1.29 is 19.0 Å². The number of ketones is 1. The molecule has 0 radical (unpaired) electrons. The maximum Gasteiger partial charge on any atom is 0.193 e. The molecule has 0 unspecified atom stereocenters. The summed E-state index contributed by atoms with van der Waals surface area (Å²) in [6, 6.07) is 4.49. The summed E-state index contributed by atoms with van der Waals surface area (Å²) in [5.41, 5.74) is 0.0460. The number of phenols is 1. The normalized spacial score (nSPS) is 10.5. The van der Waals surface area contributed by atoms with Crippen LogP contribution in [0.4, 0.5) is 4.39 Å². The minimum Gasteiger partial charge on any atom is -0.507 e. The van der Waals surface area contributed by atoms with Gasteiger partial charge in [-0.1, -0.05) is 6.07 Å². The second-order valence-corrected chi connectivity index (χ2v) is 2.78. The van der Waals surface area contributed by atoms with E-state index in [0.717, 1.165) is 12.2 Å². The fourth-order valence-corrected chi connectivity index (χ4v) is 1.17. The van der Waals surface area contributed by atoms with Gasteiger partial charge in [-0.2, -0.15) is 0 Å². The Hall–Kier alpha value is -1.84. The number of allylic oxidation sites excluding steroid dienone is 2. The lowest BCUT2D eigenvalue weighted by Gasteiger charge is -2.06. The molecule has 0 bridgehead atoms. The number of hydrogen-bond donors (Lipinski definition) is 1. The van der Waals surface area contributed by atoms with Crippen molar-refractivity contribution in [2.24, 2.45) is 0 Å². The fourth-order valence-electron chi connectivity index (χ4n) is 1.17. The van der Waals surface area contributed by atoms with Crippen molar-refractivity contribution >= 4 is 5.78 Å². The number of alkyl halides is 1. The average Bonchev–Trinajstić information content (AvgIpc) is 2.25.